The molecule has 1 aliphatic rings. The van der Waals surface area contributed by atoms with Gasteiger partial charge in [0, 0.05) is 13.5 Å². The highest BCUT2D eigenvalue weighted by Crippen LogP contribution is 2.68. The first-order valence-corrected chi connectivity index (χ1v) is 7.00. The second-order valence-electron chi connectivity index (χ2n) is 6.09. The third kappa shape index (κ3) is 2.80. The van der Waals surface area contributed by atoms with Gasteiger partial charge in [-0.05, 0) is 29.4 Å². The van der Waals surface area contributed by atoms with Crippen LogP contribution in [-0.4, -0.2) is 10.9 Å². The van der Waals surface area contributed by atoms with Crippen LogP contribution < -0.4 is 5.32 Å². The lowest BCUT2D eigenvalue weighted by molar-refractivity contribution is -0.118. The molecule has 108 valence electrons. The summed E-state index contributed by atoms with van der Waals surface area (Å²) in [5, 5.41) is 2.89. The summed E-state index contributed by atoms with van der Waals surface area (Å²) >= 11 is 0. The van der Waals surface area contributed by atoms with Crippen LogP contribution in [0.1, 0.15) is 48.5 Å². The van der Waals surface area contributed by atoms with Crippen LogP contribution in [-0.2, 0) is 4.79 Å². The molecule has 19 heavy (non-hydrogen) atoms. The lowest BCUT2D eigenvalue weighted by atomic mass is 10.0. The van der Waals surface area contributed by atoms with Crippen molar-refractivity contribution in [2.45, 2.75) is 48.5 Å². The van der Waals surface area contributed by atoms with Crippen molar-refractivity contribution in [3.05, 3.63) is 23.9 Å². The molecule has 1 aromatic heterocycles. The molecule has 0 aromatic carbocycles. The van der Waals surface area contributed by atoms with Gasteiger partial charge < -0.3 is 5.32 Å². The fraction of sp³-hybridized carbons (Fsp3) is 0.625. The fourth-order valence-corrected chi connectivity index (χ4v) is 2.59. The van der Waals surface area contributed by atoms with E-state index < -0.39 is 0 Å². The van der Waals surface area contributed by atoms with Gasteiger partial charge in [-0.3, -0.25) is 4.79 Å². The minimum atomic E-state index is 0. The average Bonchev–Trinajstić information content (AvgIpc) is 2.75. The maximum absolute atomic E-state index is 12.1. The van der Waals surface area contributed by atoms with Crippen LogP contribution in [0.2, 0.25) is 0 Å². The summed E-state index contributed by atoms with van der Waals surface area (Å²) in [5.74, 6) is 0.786. The van der Waals surface area contributed by atoms with Crippen molar-refractivity contribution in [1.29, 1.82) is 0 Å². The topological polar surface area (TPSA) is 42.0 Å². The molecule has 3 heteroatoms. The first-order chi connectivity index (χ1) is 8.76. The van der Waals surface area contributed by atoms with Crippen molar-refractivity contribution in [2.75, 3.05) is 5.32 Å². The Morgan fingerprint density at radius 3 is 2.11 bits per heavy atom. The van der Waals surface area contributed by atoms with E-state index in [2.05, 4.69) is 38.0 Å². The SMILES string of the molecule is CC.Cc1ccc(NC(=O)C2C(C)(C)C2(C)C)nc1.[HH]. The maximum Gasteiger partial charge on any atom is 0.229 e. The Morgan fingerprint density at radius 1 is 1.21 bits per heavy atom. The predicted molar refractivity (Wildman–Crippen MR) is 82.1 cm³/mol. The molecular formula is C16H28N2O. The largest absolute Gasteiger partial charge is 0.310 e. The molecule has 2 rings (SSSR count). The summed E-state index contributed by atoms with van der Waals surface area (Å²) in [6.45, 7) is 14.5. The van der Waals surface area contributed by atoms with E-state index in [0.717, 1.165) is 5.56 Å². The van der Waals surface area contributed by atoms with E-state index in [-0.39, 0.29) is 24.1 Å². The summed E-state index contributed by atoms with van der Waals surface area (Å²) in [7, 11) is 0. The van der Waals surface area contributed by atoms with Crippen LogP contribution in [0.25, 0.3) is 0 Å². The zero-order valence-electron chi connectivity index (χ0n) is 13.2. The Kier molecular flexibility index (Phi) is 4.39. The Morgan fingerprint density at radius 2 is 1.74 bits per heavy atom. The minimum absolute atomic E-state index is 0. The van der Waals surface area contributed by atoms with Crippen LogP contribution in [0.5, 0.6) is 0 Å². The zero-order valence-corrected chi connectivity index (χ0v) is 13.2. The number of pyridine rings is 1. The monoisotopic (exact) mass is 264 g/mol. The molecule has 1 amide bonds. The van der Waals surface area contributed by atoms with Gasteiger partial charge in [-0.1, -0.05) is 47.6 Å². The molecule has 0 atom stereocenters. The highest BCUT2D eigenvalue weighted by Gasteiger charge is 2.68. The van der Waals surface area contributed by atoms with Crippen molar-refractivity contribution < 1.29 is 6.22 Å². The molecule has 0 saturated heterocycles. The third-order valence-electron chi connectivity index (χ3n) is 4.45. The number of rotatable bonds is 2. The summed E-state index contributed by atoms with van der Waals surface area (Å²) in [4.78, 5) is 16.3. The molecule has 0 radical (unpaired) electrons. The zero-order chi connectivity index (χ0) is 14.8. The minimum Gasteiger partial charge on any atom is -0.310 e. The van der Waals surface area contributed by atoms with Crippen molar-refractivity contribution in [3.63, 3.8) is 0 Å². The van der Waals surface area contributed by atoms with Gasteiger partial charge >= 0.3 is 0 Å². The van der Waals surface area contributed by atoms with Gasteiger partial charge in [0.25, 0.3) is 0 Å². The molecule has 1 aliphatic carbocycles. The Labute approximate surface area is 118 Å². The summed E-state index contributed by atoms with van der Waals surface area (Å²) in [6.07, 6.45) is 1.76. The molecule has 0 spiro atoms. The van der Waals surface area contributed by atoms with Gasteiger partial charge in [-0.15, -0.1) is 0 Å². The number of carbonyl (C=O) groups excluding carboxylic acids is 1. The standard InChI is InChI=1S/C14H20N2O.C2H6.H2/c1-9-6-7-10(15-8-9)16-12(17)11-13(2,3)14(11,4)5;1-2;/h6-8,11H,1-5H3,(H,15,16,17);1-2H3;1H. The van der Waals surface area contributed by atoms with E-state index in [1.807, 2.05) is 32.9 Å². The Balaban J connectivity index is 0.00000115. The molecule has 1 heterocycles. The van der Waals surface area contributed by atoms with Crippen LogP contribution in [0.4, 0.5) is 5.82 Å². The number of anilines is 1. The number of nitrogens with one attached hydrogen (secondary N) is 1. The number of hydrogen-bond donors (Lipinski definition) is 1. The van der Waals surface area contributed by atoms with E-state index >= 15 is 0 Å². The number of carbonyl (C=O) groups is 1. The van der Waals surface area contributed by atoms with Gasteiger partial charge in [0.2, 0.25) is 5.91 Å². The van der Waals surface area contributed by atoms with Gasteiger partial charge in [0.15, 0.2) is 0 Å². The smallest absolute Gasteiger partial charge is 0.229 e. The van der Waals surface area contributed by atoms with Crippen molar-refractivity contribution in [1.82, 2.24) is 4.98 Å². The van der Waals surface area contributed by atoms with E-state index in [9.17, 15) is 4.79 Å². The van der Waals surface area contributed by atoms with Crippen LogP contribution in [0.3, 0.4) is 0 Å². The first kappa shape index (κ1) is 15.7. The van der Waals surface area contributed by atoms with Crippen LogP contribution in [0.15, 0.2) is 18.3 Å². The van der Waals surface area contributed by atoms with E-state index in [4.69, 9.17) is 0 Å². The lowest BCUT2D eigenvalue weighted by Gasteiger charge is -2.05. The van der Waals surface area contributed by atoms with Gasteiger partial charge in [-0.25, -0.2) is 4.98 Å². The average molecular weight is 264 g/mol. The molecule has 1 N–H and O–H groups in total. The van der Waals surface area contributed by atoms with Crippen molar-refractivity contribution in [3.8, 4) is 0 Å². The molecule has 0 bridgehead atoms. The molecular weight excluding hydrogens is 236 g/mol. The number of aromatic nitrogens is 1. The fourth-order valence-electron chi connectivity index (χ4n) is 2.59. The number of aryl methyl sites for hydroxylation is 1. The number of nitrogens with zero attached hydrogens (tertiary/aromatic N) is 1. The molecule has 3 nitrogen and oxygen atoms in total. The van der Waals surface area contributed by atoms with Gasteiger partial charge in [0.1, 0.15) is 5.82 Å². The molecule has 1 saturated carbocycles. The molecule has 1 aromatic rings. The molecule has 1 fully saturated rings. The van der Waals surface area contributed by atoms with Gasteiger partial charge in [-0.2, -0.15) is 0 Å². The van der Waals surface area contributed by atoms with Crippen molar-refractivity contribution >= 4 is 11.7 Å². The summed E-state index contributed by atoms with van der Waals surface area (Å²) in [5.41, 5.74) is 1.24. The van der Waals surface area contributed by atoms with E-state index in [1.165, 1.54) is 0 Å². The second-order valence-corrected chi connectivity index (χ2v) is 6.09. The quantitative estimate of drug-likeness (QED) is 0.866. The Hall–Kier alpha value is -1.38. The van der Waals surface area contributed by atoms with Crippen LogP contribution in [0, 0.1) is 23.7 Å². The second kappa shape index (κ2) is 5.32. The maximum atomic E-state index is 12.1. The molecule has 0 aliphatic heterocycles. The summed E-state index contributed by atoms with van der Waals surface area (Å²) < 4.78 is 0. The normalized spacial score (nSPS) is 19.1. The highest BCUT2D eigenvalue weighted by molar-refractivity contribution is 5.95. The summed E-state index contributed by atoms with van der Waals surface area (Å²) in [6, 6.07) is 3.79. The molecule has 0 unspecified atom stereocenters. The first-order valence-electron chi connectivity index (χ1n) is 7.00. The van der Waals surface area contributed by atoms with E-state index in [1.54, 1.807) is 6.20 Å². The lowest BCUT2D eigenvalue weighted by Crippen LogP contribution is -2.18. The van der Waals surface area contributed by atoms with Crippen LogP contribution >= 0.6 is 0 Å². The predicted octanol–water partition coefficient (Wildman–Crippen LogP) is 4.28. The number of amides is 1. The number of hydrogen-bond acceptors (Lipinski definition) is 2. The van der Waals surface area contributed by atoms with E-state index in [0.29, 0.717) is 5.82 Å². The third-order valence-corrected chi connectivity index (χ3v) is 4.45. The highest BCUT2D eigenvalue weighted by atomic mass is 16.2. The van der Waals surface area contributed by atoms with Gasteiger partial charge in [0.05, 0.1) is 0 Å². The Bertz CT molecular complexity index is 438. The van der Waals surface area contributed by atoms with Crippen molar-refractivity contribution in [2.24, 2.45) is 16.7 Å².